The molecule has 0 radical (unpaired) electrons. The normalized spacial score (nSPS) is 37.0. The molecule has 0 aliphatic heterocycles. The number of nitrogens with one attached hydrogen (secondary N) is 1. The number of ether oxygens (including phenoxy) is 1. The van der Waals surface area contributed by atoms with E-state index in [1.54, 1.807) is 12.1 Å². The number of Topliss-reactive ketones (excluding diaryl/α,β-unsaturated/α-hetero) is 2. The van der Waals surface area contributed by atoms with Crippen LogP contribution in [0.5, 0.6) is 0 Å². The number of nitrogens with zero attached hydrogens (tertiary/aromatic N) is 1. The largest absolute Gasteiger partial charge is 0.462 e. The number of esters is 1. The van der Waals surface area contributed by atoms with Gasteiger partial charge in [0.1, 0.15) is 11.8 Å². The van der Waals surface area contributed by atoms with Crippen molar-refractivity contribution in [3.8, 4) is 0 Å². The summed E-state index contributed by atoms with van der Waals surface area (Å²) >= 11 is 6.04. The summed E-state index contributed by atoms with van der Waals surface area (Å²) in [4.78, 5) is 60.4. The van der Waals surface area contributed by atoms with Crippen LogP contribution in [0.25, 0.3) is 0 Å². The highest BCUT2D eigenvalue weighted by atomic mass is 35.5. The predicted molar refractivity (Wildman–Crippen MR) is 245 cm³/mol. The van der Waals surface area contributed by atoms with Crippen LogP contribution < -0.4 is 5.32 Å². The van der Waals surface area contributed by atoms with Crippen LogP contribution in [-0.2, 0) is 25.5 Å². The summed E-state index contributed by atoms with van der Waals surface area (Å²) < 4.78 is 6.67. The number of fused-ring (bicyclic) bond motifs is 7. The maximum atomic E-state index is 14.5. The molecule has 5 saturated carbocycles. The number of allylic oxidation sites excluding steroid dienone is 1. The summed E-state index contributed by atoms with van der Waals surface area (Å²) in [6, 6.07) is 13.9. The first-order valence-electron chi connectivity index (χ1n) is 23.9. The van der Waals surface area contributed by atoms with Gasteiger partial charge in [0, 0.05) is 24.5 Å². The van der Waals surface area contributed by atoms with Gasteiger partial charge in [-0.3, -0.25) is 24.2 Å². The summed E-state index contributed by atoms with van der Waals surface area (Å²) in [5.74, 6) is 1.29. The minimum absolute atomic E-state index is 0.00123. The Hall–Kier alpha value is -3.32. The highest BCUT2D eigenvalue weighted by molar-refractivity contribution is 6.30. The maximum absolute atomic E-state index is 14.5. The number of rotatable bonds is 10. The van der Waals surface area contributed by atoms with Crippen molar-refractivity contribution in [2.75, 3.05) is 0 Å². The zero-order chi connectivity index (χ0) is 45.0. The molecule has 1 aromatic heterocycles. The Kier molecular flexibility index (Phi) is 11.2. The Morgan fingerprint density at radius 2 is 1.56 bits per heavy atom. The average Bonchev–Trinajstić information content (AvgIpc) is 3.49. The van der Waals surface area contributed by atoms with E-state index in [4.69, 9.17) is 16.3 Å². The summed E-state index contributed by atoms with van der Waals surface area (Å²) in [6.07, 6.45) is 11.3. The lowest BCUT2D eigenvalue weighted by Gasteiger charge is -2.72. The van der Waals surface area contributed by atoms with Gasteiger partial charge in [-0.1, -0.05) is 118 Å². The zero-order valence-corrected chi connectivity index (χ0v) is 40.3. The molecule has 1 amide bonds. The number of hydrogen-bond donors (Lipinski definition) is 1. The number of benzene rings is 1. The van der Waals surface area contributed by atoms with Crippen LogP contribution in [-0.4, -0.2) is 40.1 Å². The van der Waals surface area contributed by atoms with Crippen molar-refractivity contribution >= 4 is 35.0 Å². The van der Waals surface area contributed by atoms with Gasteiger partial charge in [-0.15, -0.1) is 0 Å². The molecule has 2 aromatic rings. The van der Waals surface area contributed by atoms with Crippen LogP contribution in [0.4, 0.5) is 0 Å². The molecule has 1 heterocycles. The van der Waals surface area contributed by atoms with Gasteiger partial charge in [-0.2, -0.15) is 0 Å². The Morgan fingerprint density at radius 3 is 2.21 bits per heavy atom. The highest BCUT2D eigenvalue weighted by Crippen LogP contribution is 2.76. The van der Waals surface area contributed by atoms with Crippen molar-refractivity contribution in [2.24, 2.45) is 68.0 Å². The second kappa shape index (κ2) is 15.4. The third-order valence-corrected chi connectivity index (χ3v) is 19.5. The fourth-order valence-corrected chi connectivity index (χ4v) is 15.4. The van der Waals surface area contributed by atoms with E-state index < -0.39 is 11.0 Å². The van der Waals surface area contributed by atoms with Crippen molar-refractivity contribution in [3.05, 3.63) is 76.1 Å². The second-order valence-corrected chi connectivity index (χ2v) is 24.3. The van der Waals surface area contributed by atoms with E-state index in [1.807, 2.05) is 13.8 Å². The molecule has 10 atom stereocenters. The molecule has 7 nitrogen and oxygen atoms in total. The Balaban J connectivity index is 1.01. The van der Waals surface area contributed by atoms with Crippen molar-refractivity contribution in [3.63, 3.8) is 0 Å². The van der Waals surface area contributed by atoms with E-state index >= 15 is 0 Å². The van der Waals surface area contributed by atoms with E-state index in [2.05, 4.69) is 103 Å². The molecule has 0 bridgehead atoms. The molecule has 1 aromatic carbocycles. The average molecular weight is 866 g/mol. The van der Waals surface area contributed by atoms with Crippen LogP contribution in [0.1, 0.15) is 163 Å². The van der Waals surface area contributed by atoms with E-state index in [-0.39, 0.29) is 92.9 Å². The number of carbonyl (C=O) groups excluding carboxylic acids is 4. The molecule has 1 N–H and O–H groups in total. The van der Waals surface area contributed by atoms with Crippen LogP contribution in [0, 0.1) is 68.0 Å². The first kappa shape index (κ1) is 45.3. The number of amides is 1. The van der Waals surface area contributed by atoms with Crippen LogP contribution >= 0.6 is 11.6 Å². The van der Waals surface area contributed by atoms with Crippen LogP contribution in [0.3, 0.4) is 0 Å². The van der Waals surface area contributed by atoms with Gasteiger partial charge in [0.25, 0.3) is 0 Å². The summed E-state index contributed by atoms with van der Waals surface area (Å²) in [5.41, 5.74) is 1.77. The second-order valence-electron chi connectivity index (χ2n) is 23.9. The van der Waals surface area contributed by atoms with E-state index in [9.17, 15) is 19.2 Å². The van der Waals surface area contributed by atoms with E-state index in [0.717, 1.165) is 63.4 Å². The number of hydrogen-bond acceptors (Lipinski definition) is 6. The molecule has 5 fully saturated rings. The monoisotopic (exact) mass is 865 g/mol. The Bertz CT molecular complexity index is 2160. The molecule has 62 heavy (non-hydrogen) atoms. The van der Waals surface area contributed by atoms with Crippen molar-refractivity contribution in [1.82, 2.24) is 10.3 Å². The molecule has 0 saturated heterocycles. The van der Waals surface area contributed by atoms with Crippen LogP contribution in [0.2, 0.25) is 5.02 Å². The molecule has 8 heteroatoms. The van der Waals surface area contributed by atoms with Gasteiger partial charge in [-0.25, -0.2) is 0 Å². The van der Waals surface area contributed by atoms with Gasteiger partial charge >= 0.3 is 5.97 Å². The van der Waals surface area contributed by atoms with Gasteiger partial charge in [0.2, 0.25) is 5.91 Å². The minimum Gasteiger partial charge on any atom is -0.462 e. The standard InChI is InChI=1S/C54H73ClN2O5/c1-32(2)44-40(59)30-54(57-47(61)48(3,4)29-39(58)38-19-17-35(55)31-56-38)26-25-52(10)36(45(44)54)18-20-42-51(9)23-22-43(50(7,8)41(51)21-24-53(42,52)11)62-46(60)37-28-34(49(37,5)6)27-33-15-13-12-14-16-33/h12-17,19,31-32,34,36-37,41-43H,18,20-30H2,1-11H3,(H,57,61)/t34-,36-,37-,41+,42-,43+,51+,52-,53-,54-/m1/s1. The lowest BCUT2D eigenvalue weighted by atomic mass is 9.33. The van der Waals surface area contributed by atoms with E-state index in [0.29, 0.717) is 29.2 Å². The topological polar surface area (TPSA) is 102 Å². The van der Waals surface area contributed by atoms with E-state index in [1.165, 1.54) is 17.3 Å². The number of carbonyl (C=O) groups is 4. The zero-order valence-electron chi connectivity index (χ0n) is 39.5. The first-order valence-corrected chi connectivity index (χ1v) is 24.3. The summed E-state index contributed by atoms with van der Waals surface area (Å²) in [6.45, 7) is 24.9. The molecule has 8 rings (SSSR count). The molecule has 6 aliphatic carbocycles. The smallest absolute Gasteiger partial charge is 0.309 e. The SMILES string of the molecule is CC(C)C1=C2[C@H]3CC[C@@H]4[C@@]5(C)CC[C@H](OC(=O)[C@H]6C[C@@H](Cc7ccccc7)C6(C)C)C(C)(C)[C@@H]5CC[C@@]4(C)[C@]3(C)CC[C@@]2(NC(=O)C(C)(C)CC(=O)c2ccc(Cl)cn2)CC1=O. The molecule has 0 unspecified atom stereocenters. The third-order valence-electron chi connectivity index (χ3n) is 19.3. The van der Waals surface area contributed by atoms with Crippen LogP contribution in [0.15, 0.2) is 59.8 Å². The predicted octanol–water partition coefficient (Wildman–Crippen LogP) is 12.0. The van der Waals surface area contributed by atoms with Crippen molar-refractivity contribution in [2.45, 2.75) is 165 Å². The van der Waals surface area contributed by atoms with Crippen molar-refractivity contribution < 1.29 is 23.9 Å². The fraction of sp³-hybridized carbons (Fsp3) is 0.685. The lowest BCUT2D eigenvalue weighted by molar-refractivity contribution is -0.235. The Morgan fingerprint density at radius 1 is 0.855 bits per heavy atom. The van der Waals surface area contributed by atoms with Crippen molar-refractivity contribution in [1.29, 1.82) is 0 Å². The maximum Gasteiger partial charge on any atom is 0.309 e. The Labute approximate surface area is 376 Å². The molecular formula is C54H73ClN2O5. The fourth-order valence-electron chi connectivity index (χ4n) is 15.3. The van der Waals surface area contributed by atoms with Gasteiger partial charge in [-0.05, 0) is 144 Å². The number of aromatic nitrogens is 1. The number of pyridine rings is 1. The third kappa shape index (κ3) is 6.98. The quantitative estimate of drug-likeness (QED) is 0.188. The van der Waals surface area contributed by atoms with Gasteiger partial charge in [0.05, 0.1) is 21.9 Å². The highest BCUT2D eigenvalue weighted by Gasteiger charge is 2.70. The lowest BCUT2D eigenvalue weighted by Crippen LogP contribution is -2.67. The van der Waals surface area contributed by atoms with Gasteiger partial charge in [0.15, 0.2) is 11.6 Å². The minimum atomic E-state index is -1.02. The number of halogens is 1. The summed E-state index contributed by atoms with van der Waals surface area (Å²) in [5, 5.41) is 3.97. The molecular weight excluding hydrogens is 792 g/mol. The number of ketones is 2. The molecule has 0 spiro atoms. The molecule has 336 valence electrons. The van der Waals surface area contributed by atoms with Gasteiger partial charge < -0.3 is 10.1 Å². The first-order chi connectivity index (χ1) is 28.9. The summed E-state index contributed by atoms with van der Waals surface area (Å²) in [7, 11) is 0. The molecule has 6 aliphatic rings.